The average molecular weight is 473 g/mol. The van der Waals surface area contributed by atoms with Crippen molar-refractivity contribution in [3.63, 3.8) is 0 Å². The van der Waals surface area contributed by atoms with Crippen molar-refractivity contribution in [3.05, 3.63) is 29.8 Å². The zero-order valence-electron chi connectivity index (χ0n) is 10.00. The van der Waals surface area contributed by atoms with Crippen molar-refractivity contribution in [2.24, 2.45) is 0 Å². The van der Waals surface area contributed by atoms with Crippen LogP contribution in [0, 0.1) is 0 Å². The van der Waals surface area contributed by atoms with Gasteiger partial charge in [-0.3, -0.25) is 4.79 Å². The summed E-state index contributed by atoms with van der Waals surface area (Å²) in [7, 11) is 1.33. The minimum Gasteiger partial charge on any atom is -0.465 e. The van der Waals surface area contributed by atoms with Gasteiger partial charge < -0.3 is 10.1 Å². The van der Waals surface area contributed by atoms with Crippen LogP contribution in [0.2, 0.25) is 0 Å². The van der Waals surface area contributed by atoms with Crippen LogP contribution in [0.3, 0.4) is 0 Å². The molecule has 1 amide bonds. The summed E-state index contributed by atoms with van der Waals surface area (Å²) < 4.78 is 4.87. The second kappa shape index (κ2) is 6.69. The van der Waals surface area contributed by atoms with E-state index in [-0.39, 0.29) is 11.9 Å². The molecule has 1 unspecified atom stereocenters. The van der Waals surface area contributed by atoms with Crippen LogP contribution in [0.25, 0.3) is 0 Å². The van der Waals surface area contributed by atoms with E-state index in [1.54, 1.807) is 24.3 Å². The number of carbonyl (C=O) groups excluding carboxylic acids is 2. The Balaban J connectivity index is 2.76. The smallest absolute Gasteiger partial charge is 0.337 e. The van der Waals surface area contributed by atoms with Gasteiger partial charge in [-0.25, -0.2) is 4.79 Å². The van der Waals surface area contributed by atoms with Crippen molar-refractivity contribution >= 4 is 62.7 Å². The van der Waals surface area contributed by atoms with Crippen molar-refractivity contribution in [1.82, 2.24) is 0 Å². The van der Waals surface area contributed by atoms with Gasteiger partial charge in [-0.1, -0.05) is 45.2 Å². The van der Waals surface area contributed by atoms with Gasteiger partial charge in [-0.15, -0.1) is 0 Å². The maximum atomic E-state index is 11.9. The normalized spacial score (nSPS) is 13.6. The van der Waals surface area contributed by atoms with E-state index < -0.39 is 3.42 Å². The van der Waals surface area contributed by atoms with Crippen LogP contribution in [0.5, 0.6) is 0 Å². The molecule has 1 aromatic rings. The molecular weight excluding hydrogens is 460 g/mol. The number of rotatable bonds is 4. The van der Waals surface area contributed by atoms with E-state index in [0.29, 0.717) is 11.3 Å². The number of halogens is 2. The standard InChI is InChI=1S/C12H13I2NO3/c1-12(14,7-13)11(17)15-9-5-3-8(4-6-9)10(16)18-2/h3-6H,7H2,1-2H3,(H,15,17). The summed E-state index contributed by atoms with van der Waals surface area (Å²) in [5, 5.41) is 2.81. The van der Waals surface area contributed by atoms with Crippen LogP contribution in [-0.2, 0) is 9.53 Å². The quantitative estimate of drug-likeness (QED) is 0.416. The third kappa shape index (κ3) is 4.08. The number of esters is 1. The molecule has 0 aliphatic carbocycles. The minimum absolute atomic E-state index is 0.0525. The second-order valence-electron chi connectivity index (χ2n) is 3.85. The summed E-state index contributed by atoms with van der Waals surface area (Å²) in [5.41, 5.74) is 1.13. The number of anilines is 1. The molecule has 1 atom stereocenters. The van der Waals surface area contributed by atoms with E-state index in [1.165, 1.54) is 7.11 Å². The fourth-order valence-electron chi connectivity index (χ4n) is 1.13. The third-order valence-electron chi connectivity index (χ3n) is 2.29. The molecule has 0 heterocycles. The molecule has 0 fully saturated rings. The fraction of sp³-hybridized carbons (Fsp3) is 0.333. The first-order valence-corrected chi connectivity index (χ1v) is 7.76. The average Bonchev–Trinajstić information content (AvgIpc) is 2.38. The van der Waals surface area contributed by atoms with Crippen LogP contribution in [-0.4, -0.2) is 26.8 Å². The number of benzene rings is 1. The SMILES string of the molecule is COC(=O)c1ccc(NC(=O)C(C)(I)CI)cc1. The zero-order chi connectivity index (χ0) is 13.8. The van der Waals surface area contributed by atoms with Gasteiger partial charge in [-0.05, 0) is 31.2 Å². The largest absolute Gasteiger partial charge is 0.465 e. The molecule has 6 heteroatoms. The highest BCUT2D eigenvalue weighted by Crippen LogP contribution is 2.23. The van der Waals surface area contributed by atoms with Crippen molar-refractivity contribution in [3.8, 4) is 0 Å². The van der Waals surface area contributed by atoms with Crippen LogP contribution < -0.4 is 5.32 Å². The summed E-state index contributed by atoms with van der Waals surface area (Å²) in [4.78, 5) is 23.2. The molecule has 4 nitrogen and oxygen atoms in total. The van der Waals surface area contributed by atoms with Gasteiger partial charge in [0.1, 0.15) is 3.42 Å². The van der Waals surface area contributed by atoms with E-state index in [9.17, 15) is 9.59 Å². The first-order chi connectivity index (χ1) is 8.40. The Kier molecular flexibility index (Phi) is 5.83. The molecule has 0 spiro atoms. The molecule has 1 N–H and O–H groups in total. The van der Waals surface area contributed by atoms with Gasteiger partial charge in [0.15, 0.2) is 0 Å². The van der Waals surface area contributed by atoms with Crippen LogP contribution in [0.4, 0.5) is 5.69 Å². The molecule has 0 saturated carbocycles. The Hall–Kier alpha value is -0.380. The van der Waals surface area contributed by atoms with E-state index in [2.05, 4.69) is 55.2 Å². The predicted octanol–water partition coefficient (Wildman–Crippen LogP) is 3.04. The van der Waals surface area contributed by atoms with Gasteiger partial charge in [0.05, 0.1) is 12.7 Å². The highest BCUT2D eigenvalue weighted by molar-refractivity contribution is 14.1. The van der Waals surface area contributed by atoms with Gasteiger partial charge in [0.2, 0.25) is 5.91 Å². The van der Waals surface area contributed by atoms with Crippen molar-refractivity contribution in [2.45, 2.75) is 10.3 Å². The Morgan fingerprint density at radius 1 is 1.33 bits per heavy atom. The highest BCUT2D eigenvalue weighted by Gasteiger charge is 2.28. The van der Waals surface area contributed by atoms with Crippen LogP contribution in [0.1, 0.15) is 17.3 Å². The molecule has 0 radical (unpaired) electrons. The topological polar surface area (TPSA) is 55.4 Å². The van der Waals surface area contributed by atoms with E-state index in [4.69, 9.17) is 0 Å². The molecule has 98 valence electrons. The summed E-state index contributed by atoms with van der Waals surface area (Å²) in [6, 6.07) is 6.61. The molecular formula is C12H13I2NO3. The summed E-state index contributed by atoms with van der Waals surface area (Å²) in [6.45, 7) is 1.87. The number of amides is 1. The molecule has 0 aliphatic heterocycles. The Morgan fingerprint density at radius 3 is 2.33 bits per heavy atom. The number of alkyl halides is 2. The number of ether oxygens (including phenoxy) is 1. The zero-order valence-corrected chi connectivity index (χ0v) is 14.3. The monoisotopic (exact) mass is 473 g/mol. The lowest BCUT2D eigenvalue weighted by Crippen LogP contribution is -2.35. The molecule has 0 saturated heterocycles. The first-order valence-electron chi connectivity index (χ1n) is 5.15. The third-order valence-corrected chi connectivity index (χ3v) is 6.14. The maximum Gasteiger partial charge on any atom is 0.337 e. The van der Waals surface area contributed by atoms with Crippen molar-refractivity contribution < 1.29 is 14.3 Å². The van der Waals surface area contributed by atoms with Crippen molar-refractivity contribution in [1.29, 1.82) is 0 Å². The Labute approximate surface area is 133 Å². The van der Waals surface area contributed by atoms with Crippen LogP contribution in [0.15, 0.2) is 24.3 Å². The molecule has 18 heavy (non-hydrogen) atoms. The van der Waals surface area contributed by atoms with Crippen molar-refractivity contribution in [2.75, 3.05) is 16.9 Å². The summed E-state index contributed by atoms with van der Waals surface area (Å²) >= 11 is 4.30. The molecule has 0 aliphatic rings. The number of hydrogen-bond acceptors (Lipinski definition) is 3. The first kappa shape index (κ1) is 15.7. The Morgan fingerprint density at radius 2 is 1.89 bits per heavy atom. The minimum atomic E-state index is -0.445. The lowest BCUT2D eigenvalue weighted by molar-refractivity contribution is -0.117. The van der Waals surface area contributed by atoms with Gasteiger partial charge in [0.25, 0.3) is 0 Å². The van der Waals surface area contributed by atoms with Gasteiger partial charge in [0, 0.05) is 10.1 Å². The number of nitrogens with one attached hydrogen (secondary N) is 1. The Bertz CT molecular complexity index is 443. The lowest BCUT2D eigenvalue weighted by Gasteiger charge is -2.18. The number of methoxy groups -OCH3 is 1. The summed E-state index contributed by atoms with van der Waals surface area (Å²) in [6.07, 6.45) is 0. The van der Waals surface area contributed by atoms with E-state index >= 15 is 0 Å². The molecule has 1 aromatic carbocycles. The second-order valence-corrected chi connectivity index (χ2v) is 7.00. The molecule has 1 rings (SSSR count). The predicted molar refractivity (Wildman–Crippen MR) is 87.7 cm³/mol. The van der Waals surface area contributed by atoms with E-state index in [0.717, 1.165) is 4.43 Å². The van der Waals surface area contributed by atoms with Crippen LogP contribution >= 0.6 is 45.2 Å². The summed E-state index contributed by atoms with van der Waals surface area (Å²) in [5.74, 6) is -0.442. The fourth-order valence-corrected chi connectivity index (χ4v) is 1.61. The molecule has 0 aromatic heterocycles. The van der Waals surface area contributed by atoms with Gasteiger partial charge in [-0.2, -0.15) is 0 Å². The lowest BCUT2D eigenvalue weighted by atomic mass is 10.1. The highest BCUT2D eigenvalue weighted by atomic mass is 127. The molecule has 0 bridgehead atoms. The number of carbonyl (C=O) groups is 2. The maximum absolute atomic E-state index is 11.9. The van der Waals surface area contributed by atoms with Gasteiger partial charge >= 0.3 is 5.97 Å². The van der Waals surface area contributed by atoms with E-state index in [1.807, 2.05) is 6.92 Å². The number of hydrogen-bond donors (Lipinski definition) is 1.